The van der Waals surface area contributed by atoms with Crippen LogP contribution in [0.25, 0.3) is 5.69 Å². The van der Waals surface area contributed by atoms with E-state index < -0.39 is 11.9 Å². The Kier molecular flexibility index (Phi) is 8.60. The van der Waals surface area contributed by atoms with Crippen LogP contribution < -0.4 is 15.1 Å². The molecular formula is C28H28N4O5S2. The Morgan fingerprint density at radius 2 is 1.92 bits per heavy atom. The van der Waals surface area contributed by atoms with Gasteiger partial charge in [-0.25, -0.2) is 4.79 Å². The number of benzene rings is 2. The van der Waals surface area contributed by atoms with Crippen LogP contribution in [0.5, 0.6) is 5.95 Å². The topological polar surface area (TPSA) is 112 Å². The first-order valence-electron chi connectivity index (χ1n) is 12.7. The number of carbonyl (C=O) groups is 2. The minimum atomic E-state index is -0.556. The minimum Gasteiger partial charge on any atom is -0.538 e. The van der Waals surface area contributed by atoms with Gasteiger partial charge in [-0.05, 0) is 29.2 Å². The molecule has 1 aliphatic rings. The quantitative estimate of drug-likeness (QED) is 0.175. The van der Waals surface area contributed by atoms with E-state index in [1.165, 1.54) is 33.3 Å². The maximum Gasteiger partial charge on any atom is 0.341 e. The number of ether oxygens (including phenoxy) is 1. The maximum absolute atomic E-state index is 12.9. The Morgan fingerprint density at radius 1 is 1.18 bits per heavy atom. The van der Waals surface area contributed by atoms with Gasteiger partial charge < -0.3 is 19.7 Å². The molecule has 2 aromatic carbocycles. The van der Waals surface area contributed by atoms with Crippen LogP contribution in [0.2, 0.25) is 0 Å². The second kappa shape index (κ2) is 12.5. The van der Waals surface area contributed by atoms with E-state index in [-0.39, 0.29) is 18.9 Å². The predicted octanol–water partition coefficient (Wildman–Crippen LogP) is 3.94. The molecule has 0 atom stereocenters. The van der Waals surface area contributed by atoms with Crippen molar-refractivity contribution < 1.29 is 28.6 Å². The van der Waals surface area contributed by atoms with Crippen molar-refractivity contribution in [3.63, 3.8) is 0 Å². The molecule has 4 aromatic rings. The SMILES string of the molecule is CCOC(=O)c1c(NC(=O)CCSc2c([O-])on[n+]2-c2ccccc2)sc2c1CCN(Cc1ccccc1)C2. The summed E-state index contributed by atoms with van der Waals surface area (Å²) in [5.74, 6) is -0.886. The second-order valence-corrected chi connectivity index (χ2v) is 11.1. The lowest BCUT2D eigenvalue weighted by Crippen LogP contribution is -2.34. The first-order valence-corrected chi connectivity index (χ1v) is 14.5. The molecule has 0 saturated heterocycles. The molecular weight excluding hydrogens is 536 g/mol. The number of nitrogens with one attached hydrogen (secondary N) is 1. The fourth-order valence-corrected chi connectivity index (χ4v) is 6.66. The Bertz CT molecular complexity index is 1440. The van der Waals surface area contributed by atoms with E-state index in [1.54, 1.807) is 6.92 Å². The highest BCUT2D eigenvalue weighted by molar-refractivity contribution is 7.99. The number of thioether (sulfide) groups is 1. The summed E-state index contributed by atoms with van der Waals surface area (Å²) < 4.78 is 11.6. The zero-order valence-electron chi connectivity index (χ0n) is 21.4. The molecule has 0 radical (unpaired) electrons. The molecule has 5 rings (SSSR count). The first-order chi connectivity index (χ1) is 19.0. The molecule has 1 N–H and O–H groups in total. The van der Waals surface area contributed by atoms with Gasteiger partial charge in [-0.15, -0.1) is 11.3 Å². The van der Waals surface area contributed by atoms with E-state index in [0.29, 0.717) is 40.0 Å². The molecule has 0 saturated carbocycles. The van der Waals surface area contributed by atoms with E-state index in [0.717, 1.165) is 23.5 Å². The fraction of sp³-hybridized carbons (Fsp3) is 0.286. The summed E-state index contributed by atoms with van der Waals surface area (Å²) in [6.45, 7) is 4.36. The smallest absolute Gasteiger partial charge is 0.341 e. The van der Waals surface area contributed by atoms with Crippen molar-refractivity contribution in [1.82, 2.24) is 10.2 Å². The van der Waals surface area contributed by atoms with Gasteiger partial charge in [0.05, 0.1) is 17.4 Å². The third kappa shape index (κ3) is 6.32. The number of esters is 1. The van der Waals surface area contributed by atoms with Crippen LogP contribution in [-0.2, 0) is 29.0 Å². The number of thiophene rings is 1. The number of hydrogen-bond donors (Lipinski definition) is 1. The monoisotopic (exact) mass is 564 g/mol. The third-order valence-electron chi connectivity index (χ3n) is 6.26. The van der Waals surface area contributed by atoms with Gasteiger partial charge in [0.25, 0.3) is 5.03 Å². The van der Waals surface area contributed by atoms with Crippen LogP contribution in [-0.4, -0.2) is 41.0 Å². The van der Waals surface area contributed by atoms with Crippen molar-refractivity contribution in [2.45, 2.75) is 37.9 Å². The lowest BCUT2D eigenvalue weighted by atomic mass is 10.0. The van der Waals surface area contributed by atoms with Gasteiger partial charge >= 0.3 is 5.97 Å². The van der Waals surface area contributed by atoms with Gasteiger partial charge in [0, 0.05) is 48.8 Å². The molecule has 9 nitrogen and oxygen atoms in total. The van der Waals surface area contributed by atoms with E-state index in [9.17, 15) is 14.7 Å². The summed E-state index contributed by atoms with van der Waals surface area (Å²) in [5, 5.41) is 19.8. The zero-order chi connectivity index (χ0) is 27.2. The molecule has 3 heterocycles. The standard InChI is InChI=1S/C28H28N4O5S2/c1-2-36-27(34)24-21-13-15-31(17-19-9-5-3-6-10-19)18-22(21)39-25(24)29-23(33)14-16-38-26-28(35)37-30-32(26)20-11-7-4-8-12-20/h3-12H,2,13-18H2,1H3,(H-,29,30,33,34,35). The Hall–Kier alpha value is -3.67. The molecule has 2 aromatic heterocycles. The summed E-state index contributed by atoms with van der Waals surface area (Å²) in [6, 6.07) is 19.5. The lowest BCUT2D eigenvalue weighted by molar-refractivity contribution is -0.705. The van der Waals surface area contributed by atoms with Crippen LogP contribution >= 0.6 is 23.1 Å². The van der Waals surface area contributed by atoms with Crippen molar-refractivity contribution in [2.75, 3.05) is 24.2 Å². The largest absolute Gasteiger partial charge is 0.538 e. The minimum absolute atomic E-state index is 0.134. The number of fused-ring (bicyclic) bond motifs is 1. The van der Waals surface area contributed by atoms with E-state index >= 15 is 0 Å². The van der Waals surface area contributed by atoms with Gasteiger partial charge in [0.15, 0.2) is 5.95 Å². The summed E-state index contributed by atoms with van der Waals surface area (Å²) in [6.07, 6.45) is 0.840. The van der Waals surface area contributed by atoms with Gasteiger partial charge in [0.1, 0.15) is 5.00 Å². The van der Waals surface area contributed by atoms with E-state index in [2.05, 4.69) is 27.6 Å². The highest BCUT2D eigenvalue weighted by Crippen LogP contribution is 2.38. The molecule has 202 valence electrons. The Labute approximate surface area is 234 Å². The van der Waals surface area contributed by atoms with Crippen LogP contribution in [0.15, 0.2) is 70.2 Å². The zero-order valence-corrected chi connectivity index (χ0v) is 23.1. The molecule has 39 heavy (non-hydrogen) atoms. The molecule has 1 aliphatic heterocycles. The first kappa shape index (κ1) is 26.9. The summed E-state index contributed by atoms with van der Waals surface area (Å²) in [4.78, 5) is 29.2. The molecule has 0 unspecified atom stereocenters. The van der Waals surface area contributed by atoms with Crippen molar-refractivity contribution in [3.8, 4) is 11.6 Å². The second-order valence-electron chi connectivity index (χ2n) is 8.93. The number of rotatable bonds is 10. The fourth-order valence-electron chi connectivity index (χ4n) is 4.46. The summed E-state index contributed by atoms with van der Waals surface area (Å²) in [7, 11) is 0. The highest BCUT2D eigenvalue weighted by Gasteiger charge is 2.30. The third-order valence-corrected chi connectivity index (χ3v) is 8.41. The van der Waals surface area contributed by atoms with Gasteiger partial charge in [-0.2, -0.15) is 0 Å². The van der Waals surface area contributed by atoms with E-state index in [4.69, 9.17) is 9.26 Å². The van der Waals surface area contributed by atoms with Crippen molar-refractivity contribution >= 4 is 40.0 Å². The number of para-hydroxylation sites is 1. The molecule has 0 spiro atoms. The molecule has 1 amide bonds. The van der Waals surface area contributed by atoms with Gasteiger partial charge in [-0.3, -0.25) is 9.69 Å². The van der Waals surface area contributed by atoms with Crippen molar-refractivity contribution in [2.24, 2.45) is 0 Å². The number of aromatic nitrogens is 2. The normalized spacial score (nSPS) is 13.2. The van der Waals surface area contributed by atoms with E-state index in [1.807, 2.05) is 48.5 Å². The molecule has 0 aliphatic carbocycles. The number of hydrogen-bond acceptors (Lipinski definition) is 9. The number of nitrogens with zero attached hydrogens (tertiary/aromatic N) is 3. The van der Waals surface area contributed by atoms with Crippen LogP contribution in [0, 0.1) is 0 Å². The molecule has 11 heteroatoms. The Balaban J connectivity index is 1.26. The van der Waals surface area contributed by atoms with Gasteiger partial charge in [-0.1, -0.05) is 60.3 Å². The highest BCUT2D eigenvalue weighted by atomic mass is 32.2. The maximum atomic E-state index is 12.9. The summed E-state index contributed by atoms with van der Waals surface area (Å²) >= 11 is 2.63. The predicted molar refractivity (Wildman–Crippen MR) is 146 cm³/mol. The molecule has 0 bridgehead atoms. The van der Waals surface area contributed by atoms with Crippen LogP contribution in [0.1, 0.15) is 39.7 Å². The average molecular weight is 565 g/mol. The number of anilines is 1. The number of amides is 1. The molecule has 0 fully saturated rings. The van der Waals surface area contributed by atoms with Crippen LogP contribution in [0.4, 0.5) is 5.00 Å². The summed E-state index contributed by atoms with van der Waals surface area (Å²) in [5.41, 5.74) is 3.34. The van der Waals surface area contributed by atoms with Crippen molar-refractivity contribution in [1.29, 1.82) is 0 Å². The Morgan fingerprint density at radius 3 is 2.67 bits per heavy atom. The lowest BCUT2D eigenvalue weighted by Gasteiger charge is -2.27. The number of carbonyl (C=O) groups excluding carboxylic acids is 2. The van der Waals surface area contributed by atoms with Crippen LogP contribution in [0.3, 0.4) is 0 Å². The van der Waals surface area contributed by atoms with Crippen molar-refractivity contribution in [3.05, 3.63) is 82.2 Å². The average Bonchev–Trinajstić information content (AvgIpc) is 3.49. The van der Waals surface area contributed by atoms with Gasteiger partial charge in [0.2, 0.25) is 11.6 Å².